The van der Waals surface area contributed by atoms with E-state index in [-0.39, 0.29) is 11.9 Å². The lowest BCUT2D eigenvalue weighted by Gasteiger charge is -2.59. The molecule has 1 aliphatic heterocycles. The molecule has 0 aromatic carbocycles. The summed E-state index contributed by atoms with van der Waals surface area (Å²) in [5.74, 6) is 2.95. The molecule has 2 atom stereocenters. The molecule has 4 saturated carbocycles. The molecule has 21 heavy (non-hydrogen) atoms. The highest BCUT2D eigenvalue weighted by Crippen LogP contribution is 2.61. The van der Waals surface area contributed by atoms with Gasteiger partial charge in [-0.05, 0) is 68.6 Å². The van der Waals surface area contributed by atoms with Gasteiger partial charge in [-0.2, -0.15) is 0 Å². The van der Waals surface area contributed by atoms with Crippen LogP contribution in [0.15, 0.2) is 0 Å². The Balaban J connectivity index is 1.42. The van der Waals surface area contributed by atoms with Crippen LogP contribution in [0.4, 0.5) is 0 Å². The van der Waals surface area contributed by atoms with Crippen molar-refractivity contribution in [3.05, 3.63) is 0 Å². The van der Waals surface area contributed by atoms with Gasteiger partial charge in [-0.3, -0.25) is 4.79 Å². The van der Waals surface area contributed by atoms with Crippen LogP contribution in [0.3, 0.4) is 0 Å². The molecular weight excluding hydrogens is 264 g/mol. The maximum absolute atomic E-state index is 12.4. The first kappa shape index (κ1) is 14.0. The predicted octanol–water partition coefficient (Wildman–Crippen LogP) is 1.70. The fourth-order valence-corrected chi connectivity index (χ4v) is 5.91. The van der Waals surface area contributed by atoms with Gasteiger partial charge in [-0.1, -0.05) is 0 Å². The maximum atomic E-state index is 12.4. The van der Waals surface area contributed by atoms with Gasteiger partial charge in [-0.25, -0.2) is 0 Å². The fraction of sp³-hybridized carbons (Fsp3) is 0.941. The summed E-state index contributed by atoms with van der Waals surface area (Å²) in [4.78, 5) is 12.4. The minimum atomic E-state index is -0.157. The number of ether oxygens (including phenoxy) is 1. The molecule has 0 aromatic heterocycles. The smallest absolute Gasteiger partial charge is 0.239 e. The van der Waals surface area contributed by atoms with Crippen LogP contribution in [-0.4, -0.2) is 37.7 Å². The molecular formula is C17H28N2O2. The molecule has 0 radical (unpaired) electrons. The van der Waals surface area contributed by atoms with Crippen molar-refractivity contribution >= 4 is 5.91 Å². The Bertz CT molecular complexity index is 382. The zero-order valence-corrected chi connectivity index (χ0v) is 13.1. The summed E-state index contributed by atoms with van der Waals surface area (Å²) in [7, 11) is 0. The number of nitrogens with one attached hydrogen (secondary N) is 2. The van der Waals surface area contributed by atoms with Crippen LogP contribution >= 0.6 is 0 Å². The van der Waals surface area contributed by atoms with Gasteiger partial charge in [0.1, 0.15) is 6.04 Å². The minimum absolute atomic E-state index is 0.137. The second-order valence-electron chi connectivity index (χ2n) is 8.09. The second-order valence-corrected chi connectivity index (χ2v) is 8.09. The van der Waals surface area contributed by atoms with Gasteiger partial charge >= 0.3 is 0 Å². The van der Waals surface area contributed by atoms with E-state index < -0.39 is 0 Å². The Morgan fingerprint density at radius 3 is 2.33 bits per heavy atom. The Hall–Kier alpha value is -0.610. The predicted molar refractivity (Wildman–Crippen MR) is 80.8 cm³/mol. The summed E-state index contributed by atoms with van der Waals surface area (Å²) in [6.45, 7) is 4.26. The van der Waals surface area contributed by atoms with E-state index in [1.165, 1.54) is 38.5 Å². The largest absolute Gasteiger partial charge is 0.378 e. The molecule has 1 amide bonds. The molecule has 0 spiro atoms. The van der Waals surface area contributed by atoms with Crippen molar-refractivity contribution in [1.82, 2.24) is 10.6 Å². The lowest BCUT2D eigenvalue weighted by Crippen LogP contribution is -2.59. The zero-order chi connectivity index (χ0) is 14.4. The normalized spacial score (nSPS) is 46.3. The summed E-state index contributed by atoms with van der Waals surface area (Å²) >= 11 is 0. The highest BCUT2D eigenvalue weighted by atomic mass is 16.5. The first-order valence-corrected chi connectivity index (χ1v) is 8.76. The van der Waals surface area contributed by atoms with E-state index in [2.05, 4.69) is 17.6 Å². The van der Waals surface area contributed by atoms with Crippen molar-refractivity contribution in [3.8, 4) is 0 Å². The van der Waals surface area contributed by atoms with E-state index in [4.69, 9.17) is 4.74 Å². The van der Waals surface area contributed by atoms with Gasteiger partial charge < -0.3 is 15.4 Å². The first-order valence-electron chi connectivity index (χ1n) is 8.76. The van der Waals surface area contributed by atoms with Crippen molar-refractivity contribution in [3.63, 3.8) is 0 Å². The molecule has 5 fully saturated rings. The molecule has 2 unspecified atom stereocenters. The summed E-state index contributed by atoms with van der Waals surface area (Å²) < 4.78 is 5.41. The van der Waals surface area contributed by atoms with E-state index in [1.54, 1.807) is 0 Å². The van der Waals surface area contributed by atoms with E-state index in [0.29, 0.717) is 24.7 Å². The van der Waals surface area contributed by atoms with E-state index in [9.17, 15) is 4.79 Å². The van der Waals surface area contributed by atoms with Gasteiger partial charge in [0.05, 0.1) is 13.2 Å². The lowest BCUT2D eigenvalue weighted by molar-refractivity contribution is -0.130. The SMILES string of the molecule is CC(NC(=O)C1COCCN1)C12CC3CC(CC(C3)C1)C2. The number of hydrogen-bond donors (Lipinski definition) is 2. The van der Waals surface area contributed by atoms with Crippen LogP contribution in [-0.2, 0) is 9.53 Å². The highest BCUT2D eigenvalue weighted by Gasteiger charge is 2.53. The summed E-state index contributed by atoms with van der Waals surface area (Å²) in [5.41, 5.74) is 0.389. The van der Waals surface area contributed by atoms with Crippen LogP contribution in [0.2, 0.25) is 0 Å². The molecule has 0 aromatic rings. The lowest BCUT2D eigenvalue weighted by atomic mass is 9.48. The molecule has 4 bridgehead atoms. The number of amides is 1. The first-order chi connectivity index (χ1) is 10.1. The number of morpholine rings is 1. The van der Waals surface area contributed by atoms with E-state index >= 15 is 0 Å². The van der Waals surface area contributed by atoms with Gasteiger partial charge in [-0.15, -0.1) is 0 Å². The van der Waals surface area contributed by atoms with Crippen LogP contribution in [0, 0.1) is 23.2 Å². The third-order valence-corrected chi connectivity index (χ3v) is 6.60. The Morgan fingerprint density at radius 1 is 1.19 bits per heavy atom. The van der Waals surface area contributed by atoms with E-state index in [1.807, 2.05) is 0 Å². The molecule has 4 nitrogen and oxygen atoms in total. The third-order valence-electron chi connectivity index (χ3n) is 6.60. The van der Waals surface area contributed by atoms with Crippen molar-refractivity contribution in [1.29, 1.82) is 0 Å². The Labute approximate surface area is 127 Å². The molecule has 118 valence electrons. The molecule has 2 N–H and O–H groups in total. The average Bonchev–Trinajstić information content (AvgIpc) is 2.46. The van der Waals surface area contributed by atoms with Gasteiger partial charge in [0.15, 0.2) is 0 Å². The Kier molecular flexibility index (Phi) is 3.49. The number of hydrogen-bond acceptors (Lipinski definition) is 3. The number of carbonyl (C=O) groups is 1. The summed E-state index contributed by atoms with van der Waals surface area (Å²) in [6.07, 6.45) is 8.40. The maximum Gasteiger partial charge on any atom is 0.239 e. The molecule has 4 heteroatoms. The molecule has 1 heterocycles. The second kappa shape index (κ2) is 5.24. The summed E-state index contributed by atoms with van der Waals surface area (Å²) in [6, 6.07) is 0.150. The van der Waals surface area contributed by atoms with Crippen molar-refractivity contribution in [2.75, 3.05) is 19.8 Å². The van der Waals surface area contributed by atoms with Crippen LogP contribution in [0.1, 0.15) is 45.4 Å². The minimum Gasteiger partial charge on any atom is -0.378 e. The topological polar surface area (TPSA) is 50.4 Å². The van der Waals surface area contributed by atoms with Crippen molar-refractivity contribution in [2.24, 2.45) is 23.2 Å². The van der Waals surface area contributed by atoms with Gasteiger partial charge in [0, 0.05) is 12.6 Å². The number of rotatable bonds is 3. The van der Waals surface area contributed by atoms with Crippen molar-refractivity contribution < 1.29 is 9.53 Å². The van der Waals surface area contributed by atoms with Gasteiger partial charge in [0.2, 0.25) is 5.91 Å². The van der Waals surface area contributed by atoms with Crippen molar-refractivity contribution in [2.45, 2.75) is 57.5 Å². The average molecular weight is 292 g/mol. The van der Waals surface area contributed by atoms with E-state index in [0.717, 1.165) is 24.3 Å². The van der Waals surface area contributed by atoms with Crippen LogP contribution in [0.25, 0.3) is 0 Å². The Morgan fingerprint density at radius 2 is 1.81 bits per heavy atom. The standard InChI is InChI=1S/C17H28N2O2/c1-11(19-16(20)15-10-21-3-2-18-15)17-7-12-4-13(8-17)6-14(5-12)9-17/h11-15,18H,2-10H2,1H3,(H,19,20). The molecule has 5 rings (SSSR count). The zero-order valence-electron chi connectivity index (χ0n) is 13.1. The fourth-order valence-electron chi connectivity index (χ4n) is 5.91. The van der Waals surface area contributed by atoms with Gasteiger partial charge in [0.25, 0.3) is 0 Å². The quantitative estimate of drug-likeness (QED) is 0.832. The molecule has 5 aliphatic rings. The number of carbonyl (C=O) groups excluding carboxylic acids is 1. The molecule has 4 aliphatic carbocycles. The highest BCUT2D eigenvalue weighted by molar-refractivity contribution is 5.82. The summed E-state index contributed by atoms with van der Waals surface area (Å²) in [5, 5.41) is 6.59. The van der Waals surface area contributed by atoms with Crippen LogP contribution in [0.5, 0.6) is 0 Å². The van der Waals surface area contributed by atoms with Crippen LogP contribution < -0.4 is 10.6 Å². The molecule has 1 saturated heterocycles. The monoisotopic (exact) mass is 292 g/mol. The third kappa shape index (κ3) is 2.50.